The minimum atomic E-state index is -7.18. The molecule has 0 aliphatic heterocycles. The molecule has 0 aliphatic carbocycles. The lowest BCUT2D eigenvalue weighted by Gasteiger charge is -2.39. The molecule has 2 unspecified atom stereocenters. The maximum atomic E-state index is 13.3. The minimum absolute atomic E-state index is 2.01. The zero-order chi connectivity index (χ0) is 18.4. The third kappa shape index (κ3) is 3.29. The Morgan fingerprint density at radius 2 is 1.09 bits per heavy atom. The number of hydrogen-bond acceptors (Lipinski definition) is 1. The first-order valence-electron chi connectivity index (χ1n) is 4.30. The fourth-order valence-electron chi connectivity index (χ4n) is 0.842. The van der Waals surface area contributed by atoms with Crippen molar-refractivity contribution in [2.75, 3.05) is 0 Å². The van der Waals surface area contributed by atoms with Crippen molar-refractivity contribution in [2.45, 2.75) is 28.5 Å². The highest BCUT2D eigenvalue weighted by atomic mass is 35.5. The lowest BCUT2D eigenvalue weighted by atomic mass is 10.0. The van der Waals surface area contributed by atoms with Crippen LogP contribution in [0.5, 0.6) is 0 Å². The van der Waals surface area contributed by atoms with Gasteiger partial charge in [-0.25, -0.2) is 4.39 Å². The van der Waals surface area contributed by atoms with Crippen LogP contribution in [-0.2, 0) is 4.74 Å². The van der Waals surface area contributed by atoms with Crippen LogP contribution in [0.3, 0.4) is 0 Å². The van der Waals surface area contributed by atoms with Gasteiger partial charge in [0, 0.05) is 0 Å². The summed E-state index contributed by atoms with van der Waals surface area (Å²) in [6.45, 7) is 0. The molecule has 0 N–H and O–H groups in total. The van der Waals surface area contributed by atoms with Crippen LogP contribution < -0.4 is 0 Å². The summed E-state index contributed by atoms with van der Waals surface area (Å²) in [5.74, 6) is -14.2. The fraction of sp³-hybridized carbons (Fsp3) is 0.714. The molecule has 0 fully saturated rings. The third-order valence-electron chi connectivity index (χ3n) is 1.90. The monoisotopic (exact) mass is 398 g/mol. The lowest BCUT2D eigenvalue weighted by Crippen LogP contribution is -2.67. The van der Waals surface area contributed by atoms with Crippen LogP contribution in [0.15, 0.2) is 12.1 Å². The van der Waals surface area contributed by atoms with Crippen LogP contribution >= 0.6 is 23.2 Å². The molecule has 0 aromatic carbocycles. The van der Waals surface area contributed by atoms with E-state index >= 15 is 0 Å². The van der Waals surface area contributed by atoms with E-state index in [1.807, 2.05) is 4.74 Å². The van der Waals surface area contributed by atoms with E-state index in [0.717, 1.165) is 0 Å². The van der Waals surface area contributed by atoms with Crippen molar-refractivity contribution in [3.05, 3.63) is 12.1 Å². The molecule has 0 aromatic rings. The smallest absolute Gasteiger partial charge is 0.416 e. The molecule has 2 atom stereocenters. The predicted octanol–water partition coefficient (Wildman–Crippen LogP) is 5.64. The van der Waals surface area contributed by atoms with E-state index in [9.17, 15) is 52.7 Å². The molecule has 15 heteroatoms. The molecule has 0 rings (SSSR count). The van der Waals surface area contributed by atoms with Gasteiger partial charge in [-0.3, -0.25) is 0 Å². The summed E-state index contributed by atoms with van der Waals surface area (Å²) >= 11 is 7.51. The molecule has 0 aromatic heterocycles. The number of ether oxygens (including phenoxy) is 1. The van der Waals surface area contributed by atoms with Gasteiger partial charge >= 0.3 is 40.6 Å². The first-order chi connectivity index (χ1) is 9.33. The van der Waals surface area contributed by atoms with E-state index in [0.29, 0.717) is 0 Å². The van der Waals surface area contributed by atoms with Crippen LogP contribution in [0.2, 0.25) is 0 Å². The summed E-state index contributed by atoms with van der Waals surface area (Å²) in [6, 6.07) is -3.87. The Labute approximate surface area is 122 Å². The first kappa shape index (κ1) is 21.3. The normalized spacial score (nSPS) is 19.2. The highest BCUT2D eigenvalue weighted by Crippen LogP contribution is 2.59. The molecule has 0 saturated carbocycles. The molecule has 0 heterocycles. The second-order valence-electron chi connectivity index (χ2n) is 3.38. The minimum Gasteiger partial charge on any atom is -0.416 e. The Kier molecular flexibility index (Phi) is 5.54. The van der Waals surface area contributed by atoms with E-state index in [1.54, 1.807) is 0 Å². The molecule has 132 valence electrons. The van der Waals surface area contributed by atoms with Crippen LogP contribution in [0.4, 0.5) is 52.7 Å². The predicted molar refractivity (Wildman–Crippen MR) is 46.8 cm³/mol. The van der Waals surface area contributed by atoms with Gasteiger partial charge in [0.05, 0.1) is 0 Å². The van der Waals surface area contributed by atoms with Crippen molar-refractivity contribution in [1.82, 2.24) is 0 Å². The Hall–Kier alpha value is -0.720. The Balaban J connectivity index is 6.30. The van der Waals surface area contributed by atoms with Crippen LogP contribution in [0.1, 0.15) is 0 Å². The van der Waals surface area contributed by atoms with Gasteiger partial charge in [0.1, 0.15) is 0 Å². The lowest BCUT2D eigenvalue weighted by molar-refractivity contribution is -0.415. The second-order valence-corrected chi connectivity index (χ2v) is 4.37. The van der Waals surface area contributed by atoms with Gasteiger partial charge in [-0.2, -0.15) is 48.3 Å². The summed E-state index contributed by atoms with van der Waals surface area (Å²) in [4.78, 5) is 0. The fourth-order valence-corrected chi connectivity index (χ4v) is 1.08. The van der Waals surface area contributed by atoms with Crippen LogP contribution in [0, 0.1) is 0 Å². The van der Waals surface area contributed by atoms with Crippen molar-refractivity contribution < 1.29 is 57.4 Å². The standard InChI is InChI=1S/C7Cl2F12O/c8-3(13,6(9,17)18)4(14,15)5(16,7(19,20)21)22-2(12)1(10)11. The van der Waals surface area contributed by atoms with Gasteiger partial charge in [0.25, 0.3) is 0 Å². The molecule has 1 nitrogen and oxygen atoms in total. The first-order valence-corrected chi connectivity index (χ1v) is 5.06. The van der Waals surface area contributed by atoms with Gasteiger partial charge < -0.3 is 4.74 Å². The molecular formula is C7Cl2F12O. The average molecular weight is 399 g/mol. The van der Waals surface area contributed by atoms with Gasteiger partial charge in [-0.05, 0) is 11.6 Å². The zero-order valence-electron chi connectivity index (χ0n) is 9.20. The van der Waals surface area contributed by atoms with E-state index in [4.69, 9.17) is 0 Å². The van der Waals surface area contributed by atoms with Crippen LogP contribution in [-0.4, -0.2) is 28.5 Å². The Morgan fingerprint density at radius 1 is 0.727 bits per heavy atom. The Bertz CT molecular complexity index is 447. The van der Waals surface area contributed by atoms with Gasteiger partial charge in [-0.15, -0.1) is 0 Å². The maximum Gasteiger partial charge on any atom is 0.467 e. The summed E-state index contributed by atoms with van der Waals surface area (Å²) in [7, 11) is 0. The van der Waals surface area contributed by atoms with Crippen LogP contribution in [0.25, 0.3) is 0 Å². The SMILES string of the molecule is FC(F)=C(F)OC(F)(C(F)(F)F)C(F)(F)C(F)(Cl)C(F)(F)Cl. The van der Waals surface area contributed by atoms with E-state index in [1.165, 1.54) is 0 Å². The van der Waals surface area contributed by atoms with Crippen molar-refractivity contribution in [3.63, 3.8) is 0 Å². The van der Waals surface area contributed by atoms with E-state index in [2.05, 4.69) is 23.2 Å². The highest BCUT2D eigenvalue weighted by molar-refractivity contribution is 6.33. The zero-order valence-corrected chi connectivity index (χ0v) is 10.7. The largest absolute Gasteiger partial charge is 0.467 e. The molecular weight excluding hydrogens is 399 g/mol. The van der Waals surface area contributed by atoms with Crippen molar-refractivity contribution in [3.8, 4) is 0 Å². The second kappa shape index (κ2) is 5.73. The summed E-state index contributed by atoms with van der Waals surface area (Å²) < 4.78 is 151. The summed E-state index contributed by atoms with van der Waals surface area (Å²) in [5, 5.41) is -12.4. The van der Waals surface area contributed by atoms with Crippen molar-refractivity contribution >= 4 is 23.2 Å². The molecule has 0 saturated heterocycles. The number of rotatable bonds is 5. The summed E-state index contributed by atoms with van der Waals surface area (Å²) in [5.41, 5.74) is 0. The molecule has 0 spiro atoms. The van der Waals surface area contributed by atoms with Crippen molar-refractivity contribution in [2.24, 2.45) is 0 Å². The number of halogens is 14. The van der Waals surface area contributed by atoms with Gasteiger partial charge in [0.2, 0.25) is 0 Å². The Morgan fingerprint density at radius 3 is 1.32 bits per heavy atom. The highest BCUT2D eigenvalue weighted by Gasteiger charge is 2.86. The van der Waals surface area contributed by atoms with Crippen molar-refractivity contribution in [1.29, 1.82) is 0 Å². The molecule has 0 amide bonds. The molecule has 22 heavy (non-hydrogen) atoms. The molecule has 0 bridgehead atoms. The van der Waals surface area contributed by atoms with Gasteiger partial charge in [0.15, 0.2) is 0 Å². The van der Waals surface area contributed by atoms with E-state index < -0.39 is 40.6 Å². The van der Waals surface area contributed by atoms with E-state index in [-0.39, 0.29) is 0 Å². The number of hydrogen-bond donors (Lipinski definition) is 0. The third-order valence-corrected chi connectivity index (χ3v) is 2.73. The molecule has 0 aliphatic rings. The van der Waals surface area contributed by atoms with Gasteiger partial charge in [-0.1, -0.05) is 11.6 Å². The quantitative estimate of drug-likeness (QED) is 0.331. The molecule has 0 radical (unpaired) electrons. The summed E-state index contributed by atoms with van der Waals surface area (Å²) in [6.07, 6.45) is -11.1. The maximum absolute atomic E-state index is 13.3. The average Bonchev–Trinajstić information content (AvgIpc) is 2.24. The topological polar surface area (TPSA) is 9.23 Å². The number of alkyl halides is 11.